The highest BCUT2D eigenvalue weighted by atomic mass is 16.5. The Morgan fingerprint density at radius 3 is 2.16 bits per heavy atom. The molecule has 0 aliphatic carbocycles. The van der Waals surface area contributed by atoms with Gasteiger partial charge in [-0.3, -0.25) is 14.4 Å². The van der Waals surface area contributed by atoms with E-state index in [1.807, 2.05) is 6.07 Å². The van der Waals surface area contributed by atoms with E-state index >= 15 is 0 Å². The molecule has 3 rings (SSSR count). The van der Waals surface area contributed by atoms with Crippen LogP contribution >= 0.6 is 0 Å². The third-order valence-electron chi connectivity index (χ3n) is 4.58. The second-order valence-corrected chi connectivity index (χ2v) is 6.70. The first-order valence-electron chi connectivity index (χ1n) is 9.58. The van der Waals surface area contributed by atoms with Crippen LogP contribution in [-0.2, 0) is 4.79 Å². The Labute approximate surface area is 179 Å². The van der Waals surface area contributed by atoms with E-state index in [-0.39, 0.29) is 11.3 Å². The molecule has 31 heavy (non-hydrogen) atoms. The smallest absolute Gasteiger partial charge is 0.252 e. The van der Waals surface area contributed by atoms with Crippen LogP contribution in [0.3, 0.4) is 0 Å². The van der Waals surface area contributed by atoms with E-state index in [0.29, 0.717) is 22.6 Å². The Morgan fingerprint density at radius 1 is 0.871 bits per heavy atom. The van der Waals surface area contributed by atoms with Crippen LogP contribution in [0.5, 0.6) is 5.75 Å². The first-order chi connectivity index (χ1) is 15.0. The molecule has 1 atom stereocenters. The quantitative estimate of drug-likeness (QED) is 0.488. The fourth-order valence-corrected chi connectivity index (χ4v) is 2.90. The van der Waals surface area contributed by atoms with E-state index < -0.39 is 24.5 Å². The zero-order valence-electron chi connectivity index (χ0n) is 16.9. The van der Waals surface area contributed by atoms with Crippen molar-refractivity contribution >= 4 is 23.3 Å². The summed E-state index contributed by atoms with van der Waals surface area (Å²) in [6.07, 6.45) is 0. The SMILES string of the molecule is COc1ccc(NC(=O)C(CO)NC(=O)c2cccc(C(=O)c3ccccc3)c2)cc1. The molecule has 0 heterocycles. The molecule has 0 aromatic heterocycles. The minimum absolute atomic E-state index is 0.206. The standard InChI is InChI=1S/C24H22N2O5/c1-31-20-12-10-19(11-13-20)25-24(30)21(15-27)26-23(29)18-9-5-8-17(14-18)22(28)16-6-3-2-4-7-16/h2-14,21,27H,15H2,1H3,(H,25,30)(H,26,29). The number of benzene rings is 3. The normalized spacial score (nSPS) is 11.3. The summed E-state index contributed by atoms with van der Waals surface area (Å²) in [6.45, 7) is -0.587. The zero-order valence-corrected chi connectivity index (χ0v) is 16.9. The van der Waals surface area contributed by atoms with Crippen LogP contribution in [0.2, 0.25) is 0 Å². The predicted molar refractivity (Wildman–Crippen MR) is 116 cm³/mol. The maximum atomic E-state index is 12.6. The molecular formula is C24H22N2O5. The Morgan fingerprint density at radius 2 is 1.52 bits per heavy atom. The highest BCUT2D eigenvalue weighted by Gasteiger charge is 2.21. The topological polar surface area (TPSA) is 105 Å². The lowest BCUT2D eigenvalue weighted by Gasteiger charge is -2.16. The van der Waals surface area contributed by atoms with Crippen molar-refractivity contribution in [3.8, 4) is 5.75 Å². The minimum atomic E-state index is -1.16. The second-order valence-electron chi connectivity index (χ2n) is 6.70. The Hall–Kier alpha value is -3.97. The van der Waals surface area contributed by atoms with Gasteiger partial charge in [-0.15, -0.1) is 0 Å². The molecule has 3 aromatic carbocycles. The molecule has 0 aliphatic rings. The van der Waals surface area contributed by atoms with Gasteiger partial charge in [-0.05, 0) is 36.4 Å². The molecule has 0 spiro atoms. The molecule has 2 amide bonds. The van der Waals surface area contributed by atoms with Crippen molar-refractivity contribution in [2.45, 2.75) is 6.04 Å². The average Bonchev–Trinajstić information content (AvgIpc) is 2.83. The lowest BCUT2D eigenvalue weighted by atomic mass is 10.0. The van der Waals surface area contributed by atoms with Gasteiger partial charge < -0.3 is 20.5 Å². The van der Waals surface area contributed by atoms with Crippen molar-refractivity contribution in [1.82, 2.24) is 5.32 Å². The summed E-state index contributed by atoms with van der Waals surface area (Å²) >= 11 is 0. The van der Waals surface area contributed by atoms with Gasteiger partial charge in [-0.2, -0.15) is 0 Å². The van der Waals surface area contributed by atoms with Crippen molar-refractivity contribution < 1.29 is 24.2 Å². The van der Waals surface area contributed by atoms with Gasteiger partial charge in [0, 0.05) is 22.4 Å². The monoisotopic (exact) mass is 418 g/mol. The lowest BCUT2D eigenvalue weighted by molar-refractivity contribution is -0.118. The van der Waals surface area contributed by atoms with Crippen molar-refractivity contribution in [2.75, 3.05) is 19.0 Å². The van der Waals surface area contributed by atoms with Gasteiger partial charge >= 0.3 is 0 Å². The number of nitrogens with one attached hydrogen (secondary N) is 2. The molecular weight excluding hydrogens is 396 g/mol. The van der Waals surface area contributed by atoms with Crippen LogP contribution in [0, 0.1) is 0 Å². The number of ketones is 1. The molecule has 7 nitrogen and oxygen atoms in total. The third-order valence-corrected chi connectivity index (χ3v) is 4.58. The minimum Gasteiger partial charge on any atom is -0.497 e. The highest BCUT2D eigenvalue weighted by Crippen LogP contribution is 2.15. The van der Waals surface area contributed by atoms with Gasteiger partial charge in [0.05, 0.1) is 13.7 Å². The summed E-state index contributed by atoms with van der Waals surface area (Å²) in [6, 6.07) is 20.4. The Balaban J connectivity index is 1.68. The molecule has 0 radical (unpaired) electrons. The van der Waals surface area contributed by atoms with E-state index in [1.54, 1.807) is 60.7 Å². The summed E-state index contributed by atoms with van der Waals surface area (Å²) in [7, 11) is 1.54. The average molecular weight is 418 g/mol. The third kappa shape index (κ3) is 5.55. The number of carbonyl (C=O) groups is 3. The lowest BCUT2D eigenvalue weighted by Crippen LogP contribution is -2.46. The maximum Gasteiger partial charge on any atom is 0.252 e. The molecule has 0 saturated carbocycles. The van der Waals surface area contributed by atoms with Crippen LogP contribution in [0.1, 0.15) is 26.3 Å². The number of hydrogen-bond donors (Lipinski definition) is 3. The fourth-order valence-electron chi connectivity index (χ4n) is 2.90. The molecule has 7 heteroatoms. The van der Waals surface area contributed by atoms with Crippen LogP contribution in [0.15, 0.2) is 78.9 Å². The molecule has 0 bridgehead atoms. The molecule has 0 saturated heterocycles. The van der Waals surface area contributed by atoms with E-state index in [4.69, 9.17) is 4.74 Å². The number of aliphatic hydroxyl groups excluding tert-OH is 1. The maximum absolute atomic E-state index is 12.6. The van der Waals surface area contributed by atoms with Crippen LogP contribution in [-0.4, -0.2) is 42.5 Å². The number of rotatable bonds is 8. The molecule has 0 aliphatic heterocycles. The van der Waals surface area contributed by atoms with Gasteiger partial charge in [-0.1, -0.05) is 42.5 Å². The van der Waals surface area contributed by atoms with Crippen LogP contribution in [0.4, 0.5) is 5.69 Å². The van der Waals surface area contributed by atoms with Crippen molar-refractivity contribution in [3.63, 3.8) is 0 Å². The van der Waals surface area contributed by atoms with Crippen LogP contribution in [0.25, 0.3) is 0 Å². The van der Waals surface area contributed by atoms with E-state index in [0.717, 1.165) is 0 Å². The van der Waals surface area contributed by atoms with Gasteiger partial charge in [0.1, 0.15) is 11.8 Å². The fraction of sp³-hybridized carbons (Fsp3) is 0.125. The van der Waals surface area contributed by atoms with Crippen molar-refractivity contribution in [3.05, 3.63) is 95.6 Å². The van der Waals surface area contributed by atoms with Gasteiger partial charge in [-0.25, -0.2) is 0 Å². The highest BCUT2D eigenvalue weighted by molar-refractivity contribution is 6.10. The number of hydrogen-bond acceptors (Lipinski definition) is 5. The molecule has 1 unspecified atom stereocenters. The Kier molecular flexibility index (Phi) is 7.13. The number of anilines is 1. The van der Waals surface area contributed by atoms with Gasteiger partial charge in [0.2, 0.25) is 5.91 Å². The first-order valence-corrected chi connectivity index (χ1v) is 9.58. The largest absolute Gasteiger partial charge is 0.497 e. The van der Waals surface area contributed by atoms with E-state index in [2.05, 4.69) is 10.6 Å². The van der Waals surface area contributed by atoms with Crippen molar-refractivity contribution in [1.29, 1.82) is 0 Å². The molecule has 158 valence electrons. The van der Waals surface area contributed by atoms with Crippen molar-refractivity contribution in [2.24, 2.45) is 0 Å². The summed E-state index contributed by atoms with van der Waals surface area (Å²) in [5, 5.41) is 14.7. The number of aliphatic hydroxyl groups is 1. The molecule has 0 fully saturated rings. The second kappa shape index (κ2) is 10.2. The number of ether oxygens (including phenoxy) is 1. The predicted octanol–water partition coefficient (Wildman–Crippen LogP) is 2.66. The molecule has 3 aromatic rings. The zero-order chi connectivity index (χ0) is 22.2. The number of carbonyl (C=O) groups excluding carboxylic acids is 3. The van der Waals surface area contributed by atoms with Gasteiger partial charge in [0.25, 0.3) is 5.91 Å². The first kappa shape index (κ1) is 21.7. The Bertz CT molecular complexity index is 1060. The summed E-state index contributed by atoms with van der Waals surface area (Å²) in [5.74, 6) is -0.731. The van der Waals surface area contributed by atoms with E-state index in [9.17, 15) is 19.5 Å². The summed E-state index contributed by atoms with van der Waals surface area (Å²) < 4.78 is 5.07. The number of amides is 2. The van der Waals surface area contributed by atoms with Gasteiger partial charge in [0.15, 0.2) is 5.78 Å². The summed E-state index contributed by atoms with van der Waals surface area (Å²) in [5.41, 5.74) is 1.56. The van der Waals surface area contributed by atoms with Crippen LogP contribution < -0.4 is 15.4 Å². The molecule has 3 N–H and O–H groups in total. The summed E-state index contributed by atoms with van der Waals surface area (Å²) in [4.78, 5) is 37.7. The number of methoxy groups -OCH3 is 1. The van der Waals surface area contributed by atoms with E-state index in [1.165, 1.54) is 19.2 Å².